The first kappa shape index (κ1) is 16.4. The largest absolute Gasteiger partial charge is 0.313 e. The van der Waals surface area contributed by atoms with Crippen LogP contribution in [0.25, 0.3) is 0 Å². The normalized spacial score (nSPS) is 16.7. The van der Waals surface area contributed by atoms with Crippen molar-refractivity contribution in [2.75, 3.05) is 20.1 Å². The van der Waals surface area contributed by atoms with Crippen LogP contribution in [0.3, 0.4) is 0 Å². The molecule has 0 spiro atoms. The molecule has 0 radical (unpaired) electrons. The third kappa shape index (κ3) is 5.08. The lowest BCUT2D eigenvalue weighted by Gasteiger charge is -2.26. The molecule has 0 saturated heterocycles. The zero-order valence-corrected chi connectivity index (χ0v) is 13.6. The van der Waals surface area contributed by atoms with E-state index in [1.165, 1.54) is 25.8 Å². The van der Waals surface area contributed by atoms with Gasteiger partial charge in [-0.3, -0.25) is 0 Å². The molecule has 0 amide bonds. The number of nitrogens with zero attached hydrogens (tertiary/aromatic N) is 1. The zero-order valence-electron chi connectivity index (χ0n) is 13.6. The van der Waals surface area contributed by atoms with Gasteiger partial charge in [0.15, 0.2) is 0 Å². The Kier molecular flexibility index (Phi) is 6.19. The van der Waals surface area contributed by atoms with Gasteiger partial charge in [-0.1, -0.05) is 32.0 Å². The highest BCUT2D eigenvalue weighted by molar-refractivity contribution is 5.21. The molecule has 0 aromatic heterocycles. The second-order valence-electron chi connectivity index (χ2n) is 6.60. The van der Waals surface area contributed by atoms with Crippen molar-refractivity contribution < 1.29 is 4.39 Å². The molecule has 1 atom stereocenters. The number of rotatable bonds is 9. The Morgan fingerprint density at radius 3 is 2.43 bits per heavy atom. The number of nitrogens with one attached hydrogen (secondary N) is 1. The average molecular weight is 292 g/mol. The van der Waals surface area contributed by atoms with Crippen molar-refractivity contribution in [2.45, 2.75) is 51.6 Å². The van der Waals surface area contributed by atoms with Crippen LogP contribution < -0.4 is 5.32 Å². The monoisotopic (exact) mass is 292 g/mol. The van der Waals surface area contributed by atoms with Crippen LogP contribution in [0, 0.1) is 11.7 Å². The molecule has 1 unspecified atom stereocenters. The summed E-state index contributed by atoms with van der Waals surface area (Å²) in [6.07, 6.45) is 4.89. The van der Waals surface area contributed by atoms with Crippen molar-refractivity contribution in [2.24, 2.45) is 5.92 Å². The van der Waals surface area contributed by atoms with Gasteiger partial charge in [0.1, 0.15) is 5.82 Å². The van der Waals surface area contributed by atoms with Gasteiger partial charge in [-0.25, -0.2) is 4.39 Å². The summed E-state index contributed by atoms with van der Waals surface area (Å²) in [4.78, 5) is 2.60. The van der Waals surface area contributed by atoms with E-state index in [-0.39, 0.29) is 11.9 Å². The van der Waals surface area contributed by atoms with Gasteiger partial charge in [-0.2, -0.15) is 0 Å². The maximum absolute atomic E-state index is 13.9. The van der Waals surface area contributed by atoms with Gasteiger partial charge in [-0.15, -0.1) is 0 Å². The molecule has 1 fully saturated rings. The first-order chi connectivity index (χ1) is 10.1. The van der Waals surface area contributed by atoms with Crippen molar-refractivity contribution in [1.82, 2.24) is 10.2 Å². The second-order valence-corrected chi connectivity index (χ2v) is 6.60. The highest BCUT2D eigenvalue weighted by atomic mass is 19.1. The van der Waals surface area contributed by atoms with Crippen molar-refractivity contribution in [3.63, 3.8) is 0 Å². The lowest BCUT2D eigenvalue weighted by atomic mass is 10.0. The van der Waals surface area contributed by atoms with Crippen molar-refractivity contribution in [3.8, 4) is 0 Å². The summed E-state index contributed by atoms with van der Waals surface area (Å²) in [5.74, 6) is 0.648. The summed E-state index contributed by atoms with van der Waals surface area (Å²) < 4.78 is 13.9. The molecule has 1 aliphatic carbocycles. The van der Waals surface area contributed by atoms with Gasteiger partial charge < -0.3 is 10.2 Å². The highest BCUT2D eigenvalue weighted by Crippen LogP contribution is 2.29. The quantitative estimate of drug-likeness (QED) is 0.740. The van der Waals surface area contributed by atoms with E-state index in [9.17, 15) is 4.39 Å². The van der Waals surface area contributed by atoms with E-state index in [1.807, 2.05) is 19.2 Å². The third-order valence-electron chi connectivity index (χ3n) is 4.39. The van der Waals surface area contributed by atoms with Crippen LogP contribution in [0.1, 0.15) is 51.1 Å². The lowest BCUT2D eigenvalue weighted by Crippen LogP contribution is -2.32. The molecule has 1 N–H and O–H groups in total. The number of hydrogen-bond donors (Lipinski definition) is 1. The minimum atomic E-state index is -0.1000. The van der Waals surface area contributed by atoms with Gasteiger partial charge in [0, 0.05) is 24.2 Å². The SMILES string of the molecule is CNC(CCN(CCC(C)C)C1CC1)c1ccccc1F. The minimum Gasteiger partial charge on any atom is -0.313 e. The summed E-state index contributed by atoms with van der Waals surface area (Å²) in [6.45, 7) is 6.79. The molecule has 118 valence electrons. The summed E-state index contributed by atoms with van der Waals surface area (Å²) >= 11 is 0. The molecule has 3 heteroatoms. The predicted molar refractivity (Wildman–Crippen MR) is 86.9 cm³/mol. The Morgan fingerprint density at radius 1 is 1.19 bits per heavy atom. The molecule has 1 aromatic carbocycles. The van der Waals surface area contributed by atoms with E-state index in [1.54, 1.807) is 12.1 Å². The van der Waals surface area contributed by atoms with Gasteiger partial charge in [0.2, 0.25) is 0 Å². The maximum atomic E-state index is 13.9. The molecule has 2 nitrogen and oxygen atoms in total. The summed E-state index contributed by atoms with van der Waals surface area (Å²) in [6, 6.07) is 8.00. The molecular weight excluding hydrogens is 263 g/mol. The van der Waals surface area contributed by atoms with Crippen LogP contribution >= 0.6 is 0 Å². The molecule has 1 saturated carbocycles. The first-order valence-corrected chi connectivity index (χ1v) is 8.27. The summed E-state index contributed by atoms with van der Waals surface area (Å²) in [7, 11) is 1.92. The average Bonchev–Trinajstić information content (AvgIpc) is 3.28. The van der Waals surface area contributed by atoms with Crippen LogP contribution in [0.15, 0.2) is 24.3 Å². The number of halogens is 1. The Labute approximate surface area is 128 Å². The van der Waals surface area contributed by atoms with E-state index in [0.717, 1.165) is 30.5 Å². The van der Waals surface area contributed by atoms with Gasteiger partial charge in [-0.05, 0) is 51.3 Å². The molecule has 0 bridgehead atoms. The smallest absolute Gasteiger partial charge is 0.127 e. The van der Waals surface area contributed by atoms with E-state index < -0.39 is 0 Å². The number of hydrogen-bond acceptors (Lipinski definition) is 2. The topological polar surface area (TPSA) is 15.3 Å². The Morgan fingerprint density at radius 2 is 1.86 bits per heavy atom. The second kappa shape index (κ2) is 7.90. The Bertz CT molecular complexity index is 429. The van der Waals surface area contributed by atoms with Crippen LogP contribution in [0.5, 0.6) is 0 Å². The third-order valence-corrected chi connectivity index (χ3v) is 4.39. The fraction of sp³-hybridized carbons (Fsp3) is 0.667. The van der Waals surface area contributed by atoms with Crippen molar-refractivity contribution >= 4 is 0 Å². The molecule has 2 rings (SSSR count). The molecule has 1 aliphatic rings. The fourth-order valence-corrected chi connectivity index (χ4v) is 2.85. The highest BCUT2D eigenvalue weighted by Gasteiger charge is 2.29. The molecule has 1 aromatic rings. The standard InChI is InChI=1S/C18H29FN2/c1-14(2)10-12-21(15-8-9-15)13-11-18(20-3)16-6-4-5-7-17(16)19/h4-7,14-15,18,20H,8-13H2,1-3H3. The molecular formula is C18H29FN2. The zero-order chi connectivity index (χ0) is 15.2. The van der Waals surface area contributed by atoms with E-state index in [4.69, 9.17) is 0 Å². The van der Waals surface area contributed by atoms with Crippen LogP contribution in [-0.2, 0) is 0 Å². The first-order valence-electron chi connectivity index (χ1n) is 8.27. The predicted octanol–water partition coefficient (Wildman–Crippen LogP) is 3.99. The minimum absolute atomic E-state index is 0.1000. The van der Waals surface area contributed by atoms with Gasteiger partial charge >= 0.3 is 0 Å². The molecule has 0 aliphatic heterocycles. The Hall–Kier alpha value is -0.930. The van der Waals surface area contributed by atoms with Crippen LogP contribution in [0.4, 0.5) is 4.39 Å². The van der Waals surface area contributed by atoms with Gasteiger partial charge in [0.25, 0.3) is 0 Å². The fourth-order valence-electron chi connectivity index (χ4n) is 2.85. The summed E-state index contributed by atoms with van der Waals surface area (Å²) in [5, 5.41) is 3.27. The van der Waals surface area contributed by atoms with Crippen LogP contribution in [0.2, 0.25) is 0 Å². The van der Waals surface area contributed by atoms with Crippen LogP contribution in [-0.4, -0.2) is 31.1 Å². The maximum Gasteiger partial charge on any atom is 0.127 e. The van der Waals surface area contributed by atoms with Crippen molar-refractivity contribution in [1.29, 1.82) is 0 Å². The van der Waals surface area contributed by atoms with E-state index in [0.29, 0.717) is 0 Å². The van der Waals surface area contributed by atoms with E-state index in [2.05, 4.69) is 24.1 Å². The molecule has 21 heavy (non-hydrogen) atoms. The van der Waals surface area contributed by atoms with E-state index >= 15 is 0 Å². The van der Waals surface area contributed by atoms with Gasteiger partial charge in [0.05, 0.1) is 0 Å². The lowest BCUT2D eigenvalue weighted by molar-refractivity contribution is 0.234. The van der Waals surface area contributed by atoms with Crippen molar-refractivity contribution in [3.05, 3.63) is 35.6 Å². The Balaban J connectivity index is 1.90. The molecule has 0 heterocycles. The number of benzene rings is 1. The summed E-state index contributed by atoms with van der Waals surface area (Å²) in [5.41, 5.74) is 0.791.